The molecular weight excluding hydrogens is 270 g/mol. The number of hydrogen-bond acceptors (Lipinski definition) is 4. The fourth-order valence-electron chi connectivity index (χ4n) is 1.74. The third kappa shape index (κ3) is 7.68. The summed E-state index contributed by atoms with van der Waals surface area (Å²) in [6.45, 7) is 7.84. The van der Waals surface area contributed by atoms with Gasteiger partial charge >= 0.3 is 6.09 Å². The zero-order chi connectivity index (χ0) is 15.9. The van der Waals surface area contributed by atoms with Gasteiger partial charge in [-0.05, 0) is 33.3 Å². The van der Waals surface area contributed by atoms with Crippen molar-refractivity contribution in [3.8, 4) is 0 Å². The highest BCUT2D eigenvalue weighted by atomic mass is 16.6. The molecule has 0 bridgehead atoms. The zero-order valence-electron chi connectivity index (χ0n) is 13.2. The number of hydrogen-bond donors (Lipinski definition) is 2. The molecule has 1 aromatic rings. The van der Waals surface area contributed by atoms with Crippen LogP contribution in [0.3, 0.4) is 0 Å². The lowest BCUT2D eigenvalue weighted by atomic mass is 10.1. The molecule has 0 aliphatic heterocycles. The minimum atomic E-state index is -0.563. The second kappa shape index (κ2) is 8.00. The highest BCUT2D eigenvalue weighted by molar-refractivity contribution is 5.68. The summed E-state index contributed by atoms with van der Waals surface area (Å²) in [5.41, 5.74) is 1.66. The normalized spacial score (nSPS) is 12.8. The van der Waals surface area contributed by atoms with Gasteiger partial charge < -0.3 is 19.9 Å². The standard InChI is InChI=1S/C16H25NO4/c1-12-6-5-7-13(8-12)10-20-11-14(9-18)17-15(19)21-16(2,3)4/h5-8,14,18H,9-11H2,1-4H3,(H,17,19). The van der Waals surface area contributed by atoms with E-state index in [9.17, 15) is 9.90 Å². The second-order valence-corrected chi connectivity index (χ2v) is 6.03. The fraction of sp³-hybridized carbons (Fsp3) is 0.562. The molecule has 0 radical (unpaired) electrons. The molecule has 0 aromatic heterocycles. The third-order valence-electron chi connectivity index (χ3n) is 2.61. The van der Waals surface area contributed by atoms with E-state index in [0.29, 0.717) is 6.61 Å². The molecule has 1 atom stereocenters. The maximum absolute atomic E-state index is 11.6. The molecule has 0 saturated carbocycles. The van der Waals surface area contributed by atoms with Crippen molar-refractivity contribution < 1.29 is 19.4 Å². The monoisotopic (exact) mass is 295 g/mol. The van der Waals surface area contributed by atoms with Crippen LogP contribution < -0.4 is 5.32 Å². The van der Waals surface area contributed by atoms with Gasteiger partial charge in [-0.1, -0.05) is 29.8 Å². The van der Waals surface area contributed by atoms with Crippen LogP contribution in [0.5, 0.6) is 0 Å². The maximum Gasteiger partial charge on any atom is 0.408 e. The van der Waals surface area contributed by atoms with Crippen LogP contribution in [0.2, 0.25) is 0 Å². The number of carbonyl (C=O) groups is 1. The first-order chi connectivity index (χ1) is 9.80. The molecule has 2 N–H and O–H groups in total. The van der Waals surface area contributed by atoms with Crippen LogP contribution in [0, 0.1) is 6.92 Å². The van der Waals surface area contributed by atoms with E-state index in [1.54, 1.807) is 20.8 Å². The van der Waals surface area contributed by atoms with Crippen LogP contribution in [-0.2, 0) is 16.1 Å². The Bertz CT molecular complexity index is 454. The van der Waals surface area contributed by atoms with Gasteiger partial charge in [-0.25, -0.2) is 4.79 Å². The summed E-state index contributed by atoms with van der Waals surface area (Å²) in [5, 5.41) is 11.8. The minimum absolute atomic E-state index is 0.201. The Balaban J connectivity index is 2.36. The van der Waals surface area contributed by atoms with Crippen LogP contribution in [0.4, 0.5) is 4.79 Å². The average molecular weight is 295 g/mol. The molecule has 0 fully saturated rings. The predicted octanol–water partition coefficient (Wildman–Crippen LogP) is 2.40. The molecule has 21 heavy (non-hydrogen) atoms. The fourth-order valence-corrected chi connectivity index (χ4v) is 1.74. The van der Waals surface area contributed by atoms with Crippen molar-refractivity contribution in [1.29, 1.82) is 0 Å². The van der Waals surface area contributed by atoms with Gasteiger partial charge in [0, 0.05) is 0 Å². The molecule has 1 rings (SSSR count). The topological polar surface area (TPSA) is 67.8 Å². The molecule has 0 spiro atoms. The molecule has 118 valence electrons. The van der Waals surface area contributed by atoms with Crippen molar-refractivity contribution >= 4 is 6.09 Å². The summed E-state index contributed by atoms with van der Waals surface area (Å²) >= 11 is 0. The zero-order valence-corrected chi connectivity index (χ0v) is 13.2. The molecule has 1 unspecified atom stereocenters. The van der Waals surface area contributed by atoms with Gasteiger partial charge in [-0.15, -0.1) is 0 Å². The van der Waals surface area contributed by atoms with Crippen LogP contribution in [0.15, 0.2) is 24.3 Å². The Morgan fingerprint density at radius 1 is 1.38 bits per heavy atom. The van der Waals surface area contributed by atoms with E-state index in [2.05, 4.69) is 5.32 Å². The van der Waals surface area contributed by atoms with Crippen molar-refractivity contribution in [2.75, 3.05) is 13.2 Å². The molecule has 1 aromatic carbocycles. The number of carbonyl (C=O) groups excluding carboxylic acids is 1. The first-order valence-corrected chi connectivity index (χ1v) is 7.04. The summed E-state index contributed by atoms with van der Waals surface area (Å²) in [7, 11) is 0. The van der Waals surface area contributed by atoms with Crippen molar-refractivity contribution in [2.45, 2.75) is 45.9 Å². The first-order valence-electron chi connectivity index (χ1n) is 7.04. The number of amides is 1. The van der Waals surface area contributed by atoms with Crippen LogP contribution in [-0.4, -0.2) is 36.1 Å². The Morgan fingerprint density at radius 2 is 2.10 bits per heavy atom. The van der Waals surface area contributed by atoms with Crippen LogP contribution >= 0.6 is 0 Å². The van der Waals surface area contributed by atoms with Crippen molar-refractivity contribution in [3.63, 3.8) is 0 Å². The number of alkyl carbamates (subject to hydrolysis) is 1. The number of aliphatic hydroxyl groups is 1. The van der Waals surface area contributed by atoms with Gasteiger partial charge in [0.05, 0.1) is 25.9 Å². The summed E-state index contributed by atoms with van der Waals surface area (Å²) < 4.78 is 10.7. The smallest absolute Gasteiger partial charge is 0.408 e. The Hall–Kier alpha value is -1.59. The largest absolute Gasteiger partial charge is 0.444 e. The summed E-state index contributed by atoms with van der Waals surface area (Å²) in [6.07, 6.45) is -0.555. The highest BCUT2D eigenvalue weighted by Crippen LogP contribution is 2.08. The van der Waals surface area contributed by atoms with E-state index >= 15 is 0 Å². The lowest BCUT2D eigenvalue weighted by Crippen LogP contribution is -2.43. The number of aliphatic hydroxyl groups excluding tert-OH is 1. The number of nitrogens with one attached hydrogen (secondary N) is 1. The van der Waals surface area contributed by atoms with Crippen LogP contribution in [0.25, 0.3) is 0 Å². The number of benzene rings is 1. The van der Waals surface area contributed by atoms with Gasteiger partial charge in [-0.2, -0.15) is 0 Å². The lowest BCUT2D eigenvalue weighted by molar-refractivity contribution is 0.0367. The van der Waals surface area contributed by atoms with Crippen molar-refractivity contribution in [1.82, 2.24) is 5.32 Å². The van der Waals surface area contributed by atoms with E-state index in [4.69, 9.17) is 9.47 Å². The SMILES string of the molecule is Cc1cccc(COCC(CO)NC(=O)OC(C)(C)C)c1. The summed E-state index contributed by atoms with van der Waals surface area (Å²) in [4.78, 5) is 11.6. The third-order valence-corrected chi connectivity index (χ3v) is 2.61. The molecule has 1 amide bonds. The molecule has 0 aliphatic carbocycles. The minimum Gasteiger partial charge on any atom is -0.444 e. The van der Waals surface area contributed by atoms with Gasteiger partial charge in [0.2, 0.25) is 0 Å². The van der Waals surface area contributed by atoms with E-state index in [1.807, 2.05) is 31.2 Å². The van der Waals surface area contributed by atoms with Gasteiger partial charge in [-0.3, -0.25) is 0 Å². The number of aryl methyl sites for hydroxylation is 1. The highest BCUT2D eigenvalue weighted by Gasteiger charge is 2.19. The molecular formula is C16H25NO4. The molecule has 5 nitrogen and oxygen atoms in total. The second-order valence-electron chi connectivity index (χ2n) is 6.03. The lowest BCUT2D eigenvalue weighted by Gasteiger charge is -2.22. The van der Waals surface area contributed by atoms with Crippen LogP contribution in [0.1, 0.15) is 31.9 Å². The van der Waals surface area contributed by atoms with E-state index in [0.717, 1.165) is 5.56 Å². The molecule has 5 heteroatoms. The van der Waals surface area contributed by atoms with E-state index in [1.165, 1.54) is 5.56 Å². The van der Waals surface area contributed by atoms with Gasteiger partial charge in [0.1, 0.15) is 5.60 Å². The molecule has 0 saturated heterocycles. The average Bonchev–Trinajstić information content (AvgIpc) is 2.35. The summed E-state index contributed by atoms with van der Waals surface area (Å²) in [6, 6.07) is 7.52. The van der Waals surface area contributed by atoms with E-state index < -0.39 is 17.7 Å². The predicted molar refractivity (Wildman–Crippen MR) is 81.1 cm³/mol. The summed E-state index contributed by atoms with van der Waals surface area (Å²) in [5.74, 6) is 0. The van der Waals surface area contributed by atoms with Gasteiger partial charge in [0.25, 0.3) is 0 Å². The Labute approximate surface area is 126 Å². The Morgan fingerprint density at radius 3 is 2.67 bits per heavy atom. The first kappa shape index (κ1) is 17.5. The Kier molecular flexibility index (Phi) is 6.65. The maximum atomic E-state index is 11.6. The number of rotatable bonds is 6. The number of ether oxygens (including phenoxy) is 2. The van der Waals surface area contributed by atoms with Crippen molar-refractivity contribution in [3.05, 3.63) is 35.4 Å². The van der Waals surface area contributed by atoms with E-state index in [-0.39, 0.29) is 13.2 Å². The van der Waals surface area contributed by atoms with Gasteiger partial charge in [0.15, 0.2) is 0 Å². The molecule has 0 heterocycles. The molecule has 0 aliphatic rings. The quantitative estimate of drug-likeness (QED) is 0.845. The van der Waals surface area contributed by atoms with Crippen molar-refractivity contribution in [2.24, 2.45) is 0 Å².